The first-order chi connectivity index (χ1) is 13.1. The van der Waals surface area contributed by atoms with Crippen molar-refractivity contribution in [2.75, 3.05) is 19.6 Å². The van der Waals surface area contributed by atoms with E-state index in [1.807, 2.05) is 44.7 Å². The molecule has 2 heterocycles. The number of hydrogen-bond donors (Lipinski definition) is 1. The fourth-order valence-corrected chi connectivity index (χ4v) is 4.46. The number of piperidine rings is 1. The Morgan fingerprint density at radius 3 is 2.43 bits per heavy atom. The second-order valence-electron chi connectivity index (χ2n) is 9.17. The monoisotopic (exact) mass is 388 g/mol. The van der Waals surface area contributed by atoms with Crippen molar-refractivity contribution in [3.8, 4) is 0 Å². The zero-order chi connectivity index (χ0) is 20.5. The molecule has 6 heteroatoms. The average molecular weight is 389 g/mol. The van der Waals surface area contributed by atoms with E-state index in [2.05, 4.69) is 4.90 Å². The van der Waals surface area contributed by atoms with Gasteiger partial charge < -0.3 is 14.7 Å². The lowest BCUT2D eigenvalue weighted by atomic mass is 9.84. The lowest BCUT2D eigenvalue weighted by Gasteiger charge is -2.45. The molecule has 0 aliphatic carbocycles. The molecule has 0 aromatic heterocycles. The predicted octanol–water partition coefficient (Wildman–Crippen LogP) is 4.06. The summed E-state index contributed by atoms with van der Waals surface area (Å²) in [4.78, 5) is 28.1. The number of benzene rings is 1. The number of rotatable bonds is 3. The van der Waals surface area contributed by atoms with Crippen LogP contribution in [0.1, 0.15) is 67.9 Å². The lowest BCUT2D eigenvalue weighted by molar-refractivity contribution is 0.00164. The number of hydrogen-bond acceptors (Lipinski definition) is 4. The summed E-state index contributed by atoms with van der Waals surface area (Å²) in [5.74, 6) is -0.874. The molecule has 0 saturated carbocycles. The fourth-order valence-electron chi connectivity index (χ4n) is 4.46. The van der Waals surface area contributed by atoms with Crippen LogP contribution >= 0.6 is 0 Å². The predicted molar refractivity (Wildman–Crippen MR) is 108 cm³/mol. The lowest BCUT2D eigenvalue weighted by Crippen LogP contribution is -2.53. The van der Waals surface area contributed by atoms with Crippen molar-refractivity contribution in [2.45, 2.75) is 71.1 Å². The second-order valence-corrected chi connectivity index (χ2v) is 9.17. The van der Waals surface area contributed by atoms with E-state index in [4.69, 9.17) is 4.74 Å². The average Bonchev–Trinajstić information content (AvgIpc) is 2.97. The van der Waals surface area contributed by atoms with Gasteiger partial charge in [-0.25, -0.2) is 9.59 Å². The third-order valence-corrected chi connectivity index (χ3v) is 5.99. The summed E-state index contributed by atoms with van der Waals surface area (Å²) < 4.78 is 5.52. The number of carbonyl (C=O) groups is 2. The van der Waals surface area contributed by atoms with Crippen molar-refractivity contribution < 1.29 is 19.4 Å². The number of ether oxygens (including phenoxy) is 1. The van der Waals surface area contributed by atoms with Crippen molar-refractivity contribution in [1.82, 2.24) is 9.80 Å². The number of carbonyl (C=O) groups excluding carboxylic acids is 1. The topological polar surface area (TPSA) is 70.1 Å². The van der Waals surface area contributed by atoms with Crippen LogP contribution in [0.5, 0.6) is 0 Å². The maximum atomic E-state index is 12.4. The van der Waals surface area contributed by atoms with Crippen LogP contribution in [-0.2, 0) is 11.3 Å². The third kappa shape index (κ3) is 4.49. The molecule has 0 atom stereocenters. The SMILES string of the molecule is Cc1ccc(CN2CCCC23CCN(C(=O)OC(C)(C)C)CC3)cc1C(=O)O. The van der Waals surface area contributed by atoms with E-state index >= 15 is 0 Å². The van der Waals surface area contributed by atoms with Crippen molar-refractivity contribution >= 4 is 12.1 Å². The molecule has 0 unspecified atom stereocenters. The third-order valence-electron chi connectivity index (χ3n) is 5.99. The molecule has 2 saturated heterocycles. The molecule has 2 fully saturated rings. The van der Waals surface area contributed by atoms with Crippen LogP contribution in [0.2, 0.25) is 0 Å². The van der Waals surface area contributed by atoms with Crippen molar-refractivity contribution in [1.29, 1.82) is 0 Å². The van der Waals surface area contributed by atoms with Gasteiger partial charge in [-0.15, -0.1) is 0 Å². The quantitative estimate of drug-likeness (QED) is 0.846. The van der Waals surface area contributed by atoms with Gasteiger partial charge in [0.05, 0.1) is 5.56 Å². The summed E-state index contributed by atoms with van der Waals surface area (Å²) >= 11 is 0. The molecule has 1 aromatic carbocycles. The van der Waals surface area contributed by atoms with Gasteiger partial charge in [0.15, 0.2) is 0 Å². The van der Waals surface area contributed by atoms with Crippen LogP contribution in [0.15, 0.2) is 18.2 Å². The van der Waals surface area contributed by atoms with E-state index in [1.54, 1.807) is 6.07 Å². The van der Waals surface area contributed by atoms with Gasteiger partial charge >= 0.3 is 12.1 Å². The summed E-state index contributed by atoms with van der Waals surface area (Å²) in [5, 5.41) is 9.39. The van der Waals surface area contributed by atoms with Crippen molar-refractivity contribution in [3.63, 3.8) is 0 Å². The van der Waals surface area contributed by atoms with Gasteiger partial charge in [0.1, 0.15) is 5.60 Å². The molecule has 1 N–H and O–H groups in total. The van der Waals surface area contributed by atoms with E-state index < -0.39 is 11.6 Å². The molecule has 1 spiro atoms. The number of carboxylic acid groups (broad SMARTS) is 1. The Labute approximate surface area is 167 Å². The van der Waals surface area contributed by atoms with E-state index in [1.165, 1.54) is 0 Å². The van der Waals surface area contributed by atoms with Crippen LogP contribution in [0.25, 0.3) is 0 Å². The Balaban J connectivity index is 1.66. The number of carboxylic acids is 1. The van der Waals surface area contributed by atoms with Crippen LogP contribution < -0.4 is 0 Å². The Hall–Kier alpha value is -2.08. The van der Waals surface area contributed by atoms with Gasteiger partial charge in [-0.1, -0.05) is 12.1 Å². The van der Waals surface area contributed by atoms with Crippen LogP contribution in [-0.4, -0.2) is 57.7 Å². The molecule has 2 aliphatic rings. The minimum Gasteiger partial charge on any atom is -0.478 e. The van der Waals surface area contributed by atoms with Gasteiger partial charge in [-0.05, 0) is 77.1 Å². The summed E-state index contributed by atoms with van der Waals surface area (Å²) in [5.41, 5.74) is 1.84. The van der Waals surface area contributed by atoms with Crippen LogP contribution in [0.3, 0.4) is 0 Å². The Morgan fingerprint density at radius 2 is 1.82 bits per heavy atom. The Kier molecular flexibility index (Phi) is 5.71. The van der Waals surface area contributed by atoms with E-state index in [0.29, 0.717) is 18.7 Å². The molecule has 28 heavy (non-hydrogen) atoms. The van der Waals surface area contributed by atoms with Crippen molar-refractivity contribution in [2.24, 2.45) is 0 Å². The standard InChI is InChI=1S/C22H32N2O4/c1-16-6-7-17(14-18(16)19(25)26)15-24-11-5-8-22(24)9-12-23(13-10-22)20(27)28-21(2,3)4/h6-7,14H,5,8-13,15H2,1-4H3,(H,25,26). The highest BCUT2D eigenvalue weighted by Crippen LogP contribution is 2.39. The Morgan fingerprint density at radius 1 is 1.14 bits per heavy atom. The van der Waals surface area contributed by atoms with Gasteiger partial charge in [0.2, 0.25) is 0 Å². The van der Waals surface area contributed by atoms with E-state index in [9.17, 15) is 14.7 Å². The maximum Gasteiger partial charge on any atom is 0.410 e. The second kappa shape index (κ2) is 7.74. The van der Waals surface area contributed by atoms with Gasteiger partial charge in [-0.3, -0.25) is 4.90 Å². The highest BCUT2D eigenvalue weighted by atomic mass is 16.6. The molecule has 0 radical (unpaired) electrons. The molecule has 1 amide bonds. The summed E-state index contributed by atoms with van der Waals surface area (Å²) in [6, 6.07) is 5.73. The first kappa shape index (κ1) is 20.6. The number of amides is 1. The first-order valence-corrected chi connectivity index (χ1v) is 10.2. The summed E-state index contributed by atoms with van der Waals surface area (Å²) in [6.07, 6.45) is 3.92. The highest BCUT2D eigenvalue weighted by molar-refractivity contribution is 5.89. The summed E-state index contributed by atoms with van der Waals surface area (Å²) in [6.45, 7) is 10.7. The minimum absolute atomic E-state index is 0.104. The molecule has 154 valence electrons. The largest absolute Gasteiger partial charge is 0.478 e. The fraction of sp³-hybridized carbons (Fsp3) is 0.636. The molecule has 6 nitrogen and oxygen atoms in total. The van der Waals surface area contributed by atoms with Crippen LogP contribution in [0.4, 0.5) is 4.79 Å². The summed E-state index contributed by atoms with van der Waals surface area (Å²) in [7, 11) is 0. The number of likely N-dealkylation sites (tertiary alicyclic amines) is 2. The molecule has 3 rings (SSSR count). The number of nitrogens with zero attached hydrogens (tertiary/aromatic N) is 2. The Bertz CT molecular complexity index is 745. The molecular weight excluding hydrogens is 356 g/mol. The maximum absolute atomic E-state index is 12.4. The van der Waals surface area contributed by atoms with Gasteiger partial charge in [-0.2, -0.15) is 0 Å². The van der Waals surface area contributed by atoms with Gasteiger partial charge in [0, 0.05) is 25.2 Å². The minimum atomic E-state index is -0.874. The molecule has 2 aliphatic heterocycles. The normalized spacial score (nSPS) is 19.8. The highest BCUT2D eigenvalue weighted by Gasteiger charge is 2.44. The zero-order valence-electron chi connectivity index (χ0n) is 17.5. The molecule has 1 aromatic rings. The smallest absolute Gasteiger partial charge is 0.410 e. The van der Waals surface area contributed by atoms with Crippen molar-refractivity contribution in [3.05, 3.63) is 34.9 Å². The molecular formula is C22H32N2O4. The zero-order valence-corrected chi connectivity index (χ0v) is 17.5. The number of aromatic carboxylic acids is 1. The van der Waals surface area contributed by atoms with E-state index in [0.717, 1.165) is 49.9 Å². The van der Waals surface area contributed by atoms with Crippen LogP contribution in [0, 0.1) is 6.92 Å². The number of aryl methyl sites for hydroxylation is 1. The molecule has 0 bridgehead atoms. The van der Waals surface area contributed by atoms with Gasteiger partial charge in [0.25, 0.3) is 0 Å². The first-order valence-electron chi connectivity index (χ1n) is 10.2. The van der Waals surface area contributed by atoms with E-state index in [-0.39, 0.29) is 11.6 Å².